The lowest BCUT2D eigenvalue weighted by Gasteiger charge is -2.36. The maximum Gasteiger partial charge on any atom is 0.446 e. The van der Waals surface area contributed by atoms with Crippen LogP contribution in [0.5, 0.6) is 5.75 Å². The summed E-state index contributed by atoms with van der Waals surface area (Å²) < 4.78 is 42.8. The Morgan fingerprint density at radius 2 is 1.79 bits per heavy atom. The molecule has 2 amide bonds. The molecule has 1 aliphatic heterocycles. The number of nitrogens with zero attached hydrogens (tertiary/aromatic N) is 2. The zero-order valence-corrected chi connectivity index (χ0v) is 16.0. The van der Waals surface area contributed by atoms with Gasteiger partial charge in [-0.25, -0.2) is 4.79 Å². The molecule has 0 aromatic heterocycles. The Balaban J connectivity index is 1.56. The van der Waals surface area contributed by atoms with E-state index in [4.69, 9.17) is 4.74 Å². The molecule has 0 bridgehead atoms. The van der Waals surface area contributed by atoms with Crippen LogP contribution >= 0.6 is 11.8 Å². The molecule has 1 N–H and O–H groups in total. The minimum Gasteiger partial charge on any atom is -0.497 e. The maximum atomic E-state index is 12.5. The molecule has 150 valence electrons. The van der Waals surface area contributed by atoms with Gasteiger partial charge in [-0.2, -0.15) is 13.2 Å². The van der Waals surface area contributed by atoms with E-state index in [-0.39, 0.29) is 22.7 Å². The smallest absolute Gasteiger partial charge is 0.446 e. The first-order valence-corrected chi connectivity index (χ1v) is 9.46. The first-order chi connectivity index (χ1) is 13.3. The van der Waals surface area contributed by atoms with Gasteiger partial charge in [0.1, 0.15) is 5.75 Å². The third-order valence-electron chi connectivity index (χ3n) is 4.30. The summed E-state index contributed by atoms with van der Waals surface area (Å²) in [4.78, 5) is 16.3. The Bertz CT molecular complexity index is 824. The first-order valence-electron chi connectivity index (χ1n) is 8.65. The molecular weight excluding hydrogens is 391 g/mol. The van der Waals surface area contributed by atoms with Gasteiger partial charge < -0.3 is 19.9 Å². The van der Waals surface area contributed by atoms with Crippen LogP contribution in [0.1, 0.15) is 0 Å². The summed E-state index contributed by atoms with van der Waals surface area (Å²) in [5.41, 5.74) is -3.00. The minimum atomic E-state index is -4.36. The Morgan fingerprint density at radius 1 is 1.07 bits per heavy atom. The Labute approximate surface area is 165 Å². The molecule has 1 heterocycles. The maximum absolute atomic E-state index is 12.5. The van der Waals surface area contributed by atoms with Crippen molar-refractivity contribution in [1.82, 2.24) is 4.90 Å². The fourth-order valence-corrected chi connectivity index (χ4v) is 3.55. The molecule has 1 saturated heterocycles. The number of hydrogen-bond acceptors (Lipinski definition) is 4. The van der Waals surface area contributed by atoms with Gasteiger partial charge in [-0.3, -0.25) is 0 Å². The van der Waals surface area contributed by atoms with Gasteiger partial charge in [-0.1, -0.05) is 12.1 Å². The molecule has 0 atom stereocenters. The fraction of sp³-hybridized carbons (Fsp3) is 0.316. The van der Waals surface area contributed by atoms with Crippen molar-refractivity contribution in [1.29, 1.82) is 0 Å². The second kappa shape index (κ2) is 8.64. The normalized spacial score (nSPS) is 14.7. The predicted molar refractivity (Wildman–Crippen MR) is 104 cm³/mol. The van der Waals surface area contributed by atoms with Crippen LogP contribution in [0.15, 0.2) is 53.4 Å². The molecule has 2 aromatic carbocycles. The summed E-state index contributed by atoms with van der Waals surface area (Å²) in [7, 11) is 1.61. The predicted octanol–water partition coefficient (Wildman–Crippen LogP) is 4.66. The fourth-order valence-electron chi connectivity index (χ4n) is 2.95. The Kier molecular flexibility index (Phi) is 6.23. The molecule has 0 saturated carbocycles. The summed E-state index contributed by atoms with van der Waals surface area (Å²) in [5.74, 6) is 0.772. The molecule has 3 rings (SSSR count). The molecular formula is C19H20F3N3O2S. The quantitative estimate of drug-likeness (QED) is 0.744. The van der Waals surface area contributed by atoms with Gasteiger partial charge in [0.2, 0.25) is 0 Å². The zero-order chi connectivity index (χ0) is 20.1. The second-order valence-electron chi connectivity index (χ2n) is 6.18. The highest BCUT2D eigenvalue weighted by Crippen LogP contribution is 2.37. The number of rotatable bonds is 4. The van der Waals surface area contributed by atoms with Gasteiger partial charge in [-0.15, -0.1) is 0 Å². The van der Waals surface area contributed by atoms with Gasteiger partial charge in [0, 0.05) is 48.5 Å². The number of benzene rings is 2. The van der Waals surface area contributed by atoms with Crippen molar-refractivity contribution in [3.8, 4) is 5.75 Å². The third kappa shape index (κ3) is 5.48. The second-order valence-corrected chi connectivity index (χ2v) is 7.32. The van der Waals surface area contributed by atoms with Crippen LogP contribution in [0.25, 0.3) is 0 Å². The average Bonchev–Trinajstić information content (AvgIpc) is 2.67. The van der Waals surface area contributed by atoms with Crippen molar-refractivity contribution in [2.24, 2.45) is 0 Å². The summed E-state index contributed by atoms with van der Waals surface area (Å²) in [6.45, 7) is 2.34. The zero-order valence-electron chi connectivity index (χ0n) is 15.2. The summed E-state index contributed by atoms with van der Waals surface area (Å²) in [6.07, 6.45) is 0. The Morgan fingerprint density at radius 3 is 2.46 bits per heavy atom. The van der Waals surface area contributed by atoms with Crippen LogP contribution < -0.4 is 15.0 Å². The van der Waals surface area contributed by atoms with Crippen molar-refractivity contribution in [2.75, 3.05) is 43.5 Å². The van der Waals surface area contributed by atoms with E-state index in [2.05, 4.69) is 10.2 Å². The van der Waals surface area contributed by atoms with E-state index < -0.39 is 5.51 Å². The number of carbonyl (C=O) groups is 1. The summed E-state index contributed by atoms with van der Waals surface area (Å²) >= 11 is -0.203. The van der Waals surface area contributed by atoms with Crippen molar-refractivity contribution in [3.63, 3.8) is 0 Å². The molecule has 1 fully saturated rings. The number of thioether (sulfide) groups is 1. The largest absolute Gasteiger partial charge is 0.497 e. The van der Waals surface area contributed by atoms with Crippen LogP contribution in [-0.4, -0.2) is 49.7 Å². The lowest BCUT2D eigenvalue weighted by Crippen LogP contribution is -2.50. The van der Waals surface area contributed by atoms with E-state index in [1.165, 1.54) is 18.2 Å². The van der Waals surface area contributed by atoms with Crippen LogP contribution in [0.4, 0.5) is 29.3 Å². The van der Waals surface area contributed by atoms with Crippen LogP contribution in [-0.2, 0) is 0 Å². The lowest BCUT2D eigenvalue weighted by molar-refractivity contribution is -0.0328. The van der Waals surface area contributed by atoms with Crippen molar-refractivity contribution >= 4 is 29.2 Å². The van der Waals surface area contributed by atoms with Crippen molar-refractivity contribution in [2.45, 2.75) is 10.4 Å². The number of hydrogen-bond donors (Lipinski definition) is 1. The van der Waals surface area contributed by atoms with Crippen molar-refractivity contribution < 1.29 is 22.7 Å². The van der Waals surface area contributed by atoms with Gasteiger partial charge in [0.05, 0.1) is 7.11 Å². The van der Waals surface area contributed by atoms with E-state index in [0.717, 1.165) is 11.4 Å². The SMILES string of the molecule is COc1cccc(N2CCN(C(=O)Nc3cccc(SC(F)(F)F)c3)CC2)c1. The molecule has 0 radical (unpaired) electrons. The molecule has 9 heteroatoms. The number of piperazine rings is 1. The average molecular weight is 411 g/mol. The molecule has 0 unspecified atom stereocenters. The number of halogens is 3. The molecule has 0 aliphatic carbocycles. The summed E-state index contributed by atoms with van der Waals surface area (Å²) in [5, 5.41) is 2.68. The Hall–Kier alpha value is -2.55. The number of nitrogens with one attached hydrogen (secondary N) is 1. The van der Waals surface area contributed by atoms with Crippen LogP contribution in [0.3, 0.4) is 0 Å². The molecule has 28 heavy (non-hydrogen) atoms. The minimum absolute atomic E-state index is 0.0353. The van der Waals surface area contributed by atoms with Gasteiger partial charge in [0.15, 0.2) is 0 Å². The highest BCUT2D eigenvalue weighted by atomic mass is 32.2. The highest BCUT2D eigenvalue weighted by molar-refractivity contribution is 8.00. The van der Waals surface area contributed by atoms with E-state index >= 15 is 0 Å². The number of methoxy groups -OCH3 is 1. The van der Waals surface area contributed by atoms with Crippen molar-refractivity contribution in [3.05, 3.63) is 48.5 Å². The number of amides is 2. The summed E-state index contributed by atoms with van der Waals surface area (Å²) in [6, 6.07) is 13.1. The first kappa shape index (κ1) is 20.2. The van der Waals surface area contributed by atoms with E-state index in [1.54, 1.807) is 18.1 Å². The number of anilines is 2. The molecule has 0 spiro atoms. The molecule has 2 aromatic rings. The molecule has 5 nitrogen and oxygen atoms in total. The van der Waals surface area contributed by atoms with E-state index in [0.29, 0.717) is 31.9 Å². The topological polar surface area (TPSA) is 44.8 Å². The number of urea groups is 1. The standard InChI is InChI=1S/C19H20F3N3O2S/c1-27-16-6-3-5-15(13-16)24-8-10-25(11-9-24)18(26)23-14-4-2-7-17(12-14)28-19(20,21)22/h2-7,12-13H,8-11H2,1H3,(H,23,26). The van der Waals surface area contributed by atoms with E-state index in [9.17, 15) is 18.0 Å². The van der Waals surface area contributed by atoms with E-state index in [1.807, 2.05) is 24.3 Å². The number of ether oxygens (including phenoxy) is 1. The monoisotopic (exact) mass is 411 g/mol. The lowest BCUT2D eigenvalue weighted by atomic mass is 10.2. The third-order valence-corrected chi connectivity index (χ3v) is 5.03. The number of carbonyl (C=O) groups excluding carboxylic acids is 1. The molecule has 1 aliphatic rings. The van der Waals surface area contributed by atoms with Gasteiger partial charge in [0.25, 0.3) is 0 Å². The van der Waals surface area contributed by atoms with Crippen LogP contribution in [0, 0.1) is 0 Å². The van der Waals surface area contributed by atoms with Gasteiger partial charge >= 0.3 is 11.5 Å². The highest BCUT2D eigenvalue weighted by Gasteiger charge is 2.29. The van der Waals surface area contributed by atoms with Gasteiger partial charge in [-0.05, 0) is 42.1 Å². The number of alkyl halides is 3. The van der Waals surface area contributed by atoms with Crippen LogP contribution in [0.2, 0.25) is 0 Å².